The Morgan fingerprint density at radius 1 is 1.45 bits per heavy atom. The molecule has 0 amide bonds. The van der Waals surface area contributed by atoms with Gasteiger partial charge in [-0.15, -0.1) is 0 Å². The van der Waals surface area contributed by atoms with Crippen LogP contribution >= 0.6 is 0 Å². The fourth-order valence-electron chi connectivity index (χ4n) is 1.61. The molecule has 0 bridgehead atoms. The second-order valence-corrected chi connectivity index (χ2v) is 6.44. The van der Waals surface area contributed by atoms with Crippen LogP contribution in [0.5, 0.6) is 0 Å². The summed E-state index contributed by atoms with van der Waals surface area (Å²) < 4.78 is 21.9. The molecule has 0 saturated heterocycles. The van der Waals surface area contributed by atoms with Gasteiger partial charge in [-0.3, -0.25) is 10.1 Å². The van der Waals surface area contributed by atoms with Crippen molar-refractivity contribution in [2.75, 3.05) is 18.6 Å². The summed E-state index contributed by atoms with van der Waals surface area (Å²) in [5, 5.41) is 22.6. The largest absolute Gasteiger partial charge is 0.477 e. The summed E-state index contributed by atoms with van der Waals surface area (Å²) in [6, 6.07) is 3.95. The van der Waals surface area contributed by atoms with Crippen LogP contribution in [-0.4, -0.2) is 43.0 Å². The molecule has 1 aromatic carbocycles. The number of nitro benzene ring substituents is 1. The number of carboxylic acids is 1. The van der Waals surface area contributed by atoms with E-state index in [0.717, 1.165) is 12.3 Å². The first-order valence-electron chi connectivity index (χ1n) is 5.60. The molecule has 110 valence electrons. The third kappa shape index (κ3) is 4.59. The molecule has 0 aliphatic heterocycles. The zero-order valence-electron chi connectivity index (χ0n) is 10.7. The molecule has 1 aromatic rings. The molecule has 0 heterocycles. The lowest BCUT2D eigenvalue weighted by Crippen LogP contribution is -2.23. The molecule has 0 saturated carbocycles. The van der Waals surface area contributed by atoms with Gasteiger partial charge in [0, 0.05) is 25.4 Å². The van der Waals surface area contributed by atoms with E-state index in [1.165, 1.54) is 12.1 Å². The van der Waals surface area contributed by atoms with E-state index in [1.807, 2.05) is 0 Å². The van der Waals surface area contributed by atoms with Gasteiger partial charge in [0.1, 0.15) is 15.4 Å². The Hall–Kier alpha value is -2.00. The topological polar surface area (TPSA) is 127 Å². The zero-order chi connectivity index (χ0) is 15.3. The number of carbonyl (C=O) groups is 1. The molecule has 8 nitrogen and oxygen atoms in total. The highest BCUT2D eigenvalue weighted by Gasteiger charge is 2.22. The van der Waals surface area contributed by atoms with Gasteiger partial charge in [-0.05, 0) is 5.56 Å². The Labute approximate surface area is 115 Å². The van der Waals surface area contributed by atoms with Crippen LogP contribution in [0.3, 0.4) is 0 Å². The maximum Gasteiger partial charge on any atom is 0.343 e. The lowest BCUT2D eigenvalue weighted by Gasteiger charge is -2.08. The van der Waals surface area contributed by atoms with Gasteiger partial charge in [0.2, 0.25) is 0 Å². The Kier molecular flexibility index (Phi) is 5.17. The SMILES string of the molecule is CS(=O)(=O)CCNCc1cccc([N+](=O)[O-])c1C(=O)O. The molecule has 0 aliphatic carbocycles. The summed E-state index contributed by atoms with van der Waals surface area (Å²) in [7, 11) is -3.11. The molecule has 0 fully saturated rings. The number of benzene rings is 1. The van der Waals surface area contributed by atoms with E-state index in [2.05, 4.69) is 5.32 Å². The van der Waals surface area contributed by atoms with E-state index in [9.17, 15) is 23.3 Å². The van der Waals surface area contributed by atoms with Crippen LogP contribution in [0.2, 0.25) is 0 Å². The van der Waals surface area contributed by atoms with Crippen molar-refractivity contribution in [2.24, 2.45) is 0 Å². The van der Waals surface area contributed by atoms with Crippen LogP contribution in [0, 0.1) is 10.1 Å². The predicted octanol–water partition coefficient (Wildman–Crippen LogP) is 0.427. The molecule has 0 spiro atoms. The maximum atomic E-state index is 11.1. The van der Waals surface area contributed by atoms with Crippen molar-refractivity contribution in [2.45, 2.75) is 6.54 Å². The van der Waals surface area contributed by atoms with E-state index < -0.39 is 26.4 Å². The minimum atomic E-state index is -3.11. The standard InChI is InChI=1S/C11H14N2O6S/c1-20(18,19)6-5-12-7-8-3-2-4-9(13(16)17)10(8)11(14)15/h2-4,12H,5-7H2,1H3,(H,14,15). The van der Waals surface area contributed by atoms with Gasteiger partial charge in [0.25, 0.3) is 5.69 Å². The molecule has 9 heteroatoms. The van der Waals surface area contributed by atoms with Gasteiger partial charge in [0.05, 0.1) is 10.7 Å². The van der Waals surface area contributed by atoms with Crippen molar-refractivity contribution in [1.29, 1.82) is 0 Å². The van der Waals surface area contributed by atoms with Crippen molar-refractivity contribution in [3.8, 4) is 0 Å². The van der Waals surface area contributed by atoms with Gasteiger partial charge in [-0.25, -0.2) is 13.2 Å². The minimum Gasteiger partial charge on any atom is -0.477 e. The number of nitrogens with zero attached hydrogens (tertiary/aromatic N) is 1. The average Bonchev–Trinajstić information content (AvgIpc) is 2.32. The summed E-state index contributed by atoms with van der Waals surface area (Å²) in [6.45, 7) is 0.180. The summed E-state index contributed by atoms with van der Waals surface area (Å²) >= 11 is 0. The monoisotopic (exact) mass is 302 g/mol. The van der Waals surface area contributed by atoms with E-state index >= 15 is 0 Å². The van der Waals surface area contributed by atoms with Gasteiger partial charge < -0.3 is 10.4 Å². The maximum absolute atomic E-state index is 11.1. The molecule has 2 N–H and O–H groups in total. The Morgan fingerprint density at radius 2 is 2.10 bits per heavy atom. The number of nitrogens with one attached hydrogen (secondary N) is 1. The molecule has 20 heavy (non-hydrogen) atoms. The minimum absolute atomic E-state index is 0.0405. The summed E-state index contributed by atoms with van der Waals surface area (Å²) in [4.78, 5) is 21.1. The number of carboxylic acid groups (broad SMARTS) is 1. The summed E-state index contributed by atoms with van der Waals surface area (Å²) in [5.41, 5.74) is -0.635. The van der Waals surface area contributed by atoms with E-state index in [4.69, 9.17) is 5.11 Å². The van der Waals surface area contributed by atoms with Crippen LogP contribution < -0.4 is 5.32 Å². The van der Waals surface area contributed by atoms with Crippen LogP contribution in [0.1, 0.15) is 15.9 Å². The highest BCUT2D eigenvalue weighted by atomic mass is 32.2. The van der Waals surface area contributed by atoms with Crippen molar-refractivity contribution in [3.05, 3.63) is 39.4 Å². The van der Waals surface area contributed by atoms with Crippen molar-refractivity contribution >= 4 is 21.5 Å². The zero-order valence-corrected chi connectivity index (χ0v) is 11.5. The number of rotatable bonds is 7. The molecular formula is C11H14N2O6S. The van der Waals surface area contributed by atoms with E-state index in [0.29, 0.717) is 0 Å². The number of hydrogen-bond acceptors (Lipinski definition) is 6. The van der Waals surface area contributed by atoms with Gasteiger partial charge >= 0.3 is 5.97 Å². The molecule has 0 aliphatic rings. The predicted molar refractivity (Wildman–Crippen MR) is 71.5 cm³/mol. The van der Waals surface area contributed by atoms with Gasteiger partial charge in [0.15, 0.2) is 0 Å². The Balaban J connectivity index is 2.87. The summed E-state index contributed by atoms with van der Waals surface area (Å²) in [5.74, 6) is -1.48. The van der Waals surface area contributed by atoms with Crippen LogP contribution in [0.15, 0.2) is 18.2 Å². The first kappa shape index (κ1) is 16.1. The number of sulfone groups is 1. The molecular weight excluding hydrogens is 288 g/mol. The lowest BCUT2D eigenvalue weighted by molar-refractivity contribution is -0.385. The summed E-state index contributed by atoms with van der Waals surface area (Å²) in [6.07, 6.45) is 1.09. The van der Waals surface area contributed by atoms with Gasteiger partial charge in [-0.2, -0.15) is 0 Å². The molecule has 0 radical (unpaired) electrons. The second kappa shape index (κ2) is 6.44. The van der Waals surface area contributed by atoms with Gasteiger partial charge in [-0.1, -0.05) is 12.1 Å². The molecule has 0 atom stereocenters. The highest BCUT2D eigenvalue weighted by molar-refractivity contribution is 7.90. The van der Waals surface area contributed by atoms with E-state index in [-0.39, 0.29) is 30.0 Å². The number of aromatic carboxylic acids is 1. The molecule has 0 aromatic heterocycles. The van der Waals surface area contributed by atoms with Crippen LogP contribution in [0.25, 0.3) is 0 Å². The Morgan fingerprint density at radius 3 is 2.60 bits per heavy atom. The normalized spacial score (nSPS) is 11.2. The average molecular weight is 302 g/mol. The van der Waals surface area contributed by atoms with Crippen molar-refractivity contribution in [1.82, 2.24) is 5.32 Å². The third-order valence-electron chi connectivity index (χ3n) is 2.50. The molecule has 1 rings (SSSR count). The first-order chi connectivity index (χ1) is 9.22. The second-order valence-electron chi connectivity index (χ2n) is 4.18. The van der Waals surface area contributed by atoms with E-state index in [1.54, 1.807) is 0 Å². The third-order valence-corrected chi connectivity index (χ3v) is 3.45. The first-order valence-corrected chi connectivity index (χ1v) is 7.66. The lowest BCUT2D eigenvalue weighted by atomic mass is 10.1. The van der Waals surface area contributed by atoms with Crippen molar-refractivity contribution < 1.29 is 23.2 Å². The number of nitro groups is 1. The number of hydrogen-bond donors (Lipinski definition) is 2. The smallest absolute Gasteiger partial charge is 0.343 e. The van der Waals surface area contributed by atoms with Crippen molar-refractivity contribution in [3.63, 3.8) is 0 Å². The molecule has 0 unspecified atom stereocenters. The van der Waals surface area contributed by atoms with Crippen LogP contribution in [-0.2, 0) is 16.4 Å². The fourth-order valence-corrected chi connectivity index (χ4v) is 2.13. The quantitative estimate of drug-likeness (QED) is 0.424. The Bertz CT molecular complexity index is 626. The van der Waals surface area contributed by atoms with Crippen LogP contribution in [0.4, 0.5) is 5.69 Å². The fraction of sp³-hybridized carbons (Fsp3) is 0.364. The highest BCUT2D eigenvalue weighted by Crippen LogP contribution is 2.22.